The van der Waals surface area contributed by atoms with Crippen LogP contribution in [0.2, 0.25) is 5.15 Å². The fourth-order valence-electron chi connectivity index (χ4n) is 3.56. The molecule has 0 saturated carbocycles. The number of ether oxygens (including phenoxy) is 1. The van der Waals surface area contributed by atoms with Crippen molar-refractivity contribution in [1.29, 1.82) is 0 Å². The molecule has 1 fully saturated rings. The van der Waals surface area contributed by atoms with Gasteiger partial charge in [0.2, 0.25) is 5.95 Å². The molecule has 0 radical (unpaired) electrons. The Hall–Kier alpha value is -2.77. The molecule has 4 heterocycles. The highest BCUT2D eigenvalue weighted by Crippen LogP contribution is 2.37. The van der Waals surface area contributed by atoms with Crippen molar-refractivity contribution in [2.45, 2.75) is 6.42 Å². The predicted octanol–water partition coefficient (Wildman–Crippen LogP) is 3.12. The molecule has 0 aliphatic carbocycles. The third-order valence-electron chi connectivity index (χ3n) is 5.01. The molecule has 3 aromatic rings. The van der Waals surface area contributed by atoms with Gasteiger partial charge in [-0.15, -0.1) is 0 Å². The molecule has 28 heavy (non-hydrogen) atoms. The normalized spacial score (nSPS) is 16.3. The number of fused-ring (bicyclic) bond motifs is 1. The number of anilines is 3. The Morgan fingerprint density at radius 1 is 0.929 bits per heavy atom. The summed E-state index contributed by atoms with van der Waals surface area (Å²) in [5.41, 5.74) is 1.96. The number of nitrogens with zero attached hydrogens (tertiary/aromatic N) is 6. The van der Waals surface area contributed by atoms with Crippen molar-refractivity contribution >= 4 is 29.2 Å². The lowest BCUT2D eigenvalue weighted by Crippen LogP contribution is -2.37. The Morgan fingerprint density at radius 3 is 2.57 bits per heavy atom. The summed E-state index contributed by atoms with van der Waals surface area (Å²) in [7, 11) is 0. The highest BCUT2D eigenvalue weighted by Gasteiger charge is 2.28. The first-order valence-electron chi connectivity index (χ1n) is 9.35. The minimum Gasteiger partial charge on any atom is -0.378 e. The smallest absolute Gasteiger partial charge is 0.228 e. The van der Waals surface area contributed by atoms with Gasteiger partial charge in [-0.1, -0.05) is 41.9 Å². The van der Waals surface area contributed by atoms with Gasteiger partial charge in [0.05, 0.1) is 13.2 Å². The van der Waals surface area contributed by atoms with Crippen LogP contribution in [0.1, 0.15) is 5.56 Å². The lowest BCUT2D eigenvalue weighted by Gasteiger charge is -2.27. The summed E-state index contributed by atoms with van der Waals surface area (Å²) in [6.07, 6.45) is 2.58. The molecule has 0 bridgehead atoms. The van der Waals surface area contributed by atoms with E-state index >= 15 is 0 Å². The van der Waals surface area contributed by atoms with Crippen molar-refractivity contribution in [3.63, 3.8) is 0 Å². The van der Waals surface area contributed by atoms with Gasteiger partial charge in [-0.2, -0.15) is 4.98 Å². The largest absolute Gasteiger partial charge is 0.378 e. The number of morpholine rings is 1. The molecule has 2 aliphatic rings. The minimum atomic E-state index is 0.520. The van der Waals surface area contributed by atoms with E-state index in [9.17, 15) is 0 Å². The third kappa shape index (κ3) is 3.16. The third-order valence-corrected chi connectivity index (χ3v) is 5.32. The van der Waals surface area contributed by atoms with E-state index in [4.69, 9.17) is 26.3 Å². The van der Waals surface area contributed by atoms with Gasteiger partial charge < -0.3 is 14.5 Å². The van der Waals surface area contributed by atoms with Crippen molar-refractivity contribution in [1.82, 2.24) is 19.9 Å². The van der Waals surface area contributed by atoms with E-state index in [1.807, 2.05) is 36.4 Å². The summed E-state index contributed by atoms with van der Waals surface area (Å²) in [6.45, 7) is 3.64. The topological polar surface area (TPSA) is 67.3 Å². The fraction of sp³-hybridized carbons (Fsp3) is 0.300. The van der Waals surface area contributed by atoms with E-state index in [2.05, 4.69) is 19.8 Å². The monoisotopic (exact) mass is 394 g/mol. The molecule has 0 unspecified atom stereocenters. The van der Waals surface area contributed by atoms with Crippen molar-refractivity contribution in [3.8, 4) is 11.4 Å². The molecule has 5 rings (SSSR count). The molecule has 0 spiro atoms. The van der Waals surface area contributed by atoms with Crippen LogP contribution in [0, 0.1) is 0 Å². The van der Waals surface area contributed by atoms with Crippen LogP contribution in [0.4, 0.5) is 17.6 Å². The van der Waals surface area contributed by atoms with E-state index in [-0.39, 0.29) is 0 Å². The highest BCUT2D eigenvalue weighted by molar-refractivity contribution is 6.30. The maximum absolute atomic E-state index is 6.51. The second kappa shape index (κ2) is 7.33. The summed E-state index contributed by atoms with van der Waals surface area (Å²) in [6, 6.07) is 11.9. The Morgan fingerprint density at radius 2 is 1.75 bits per heavy atom. The zero-order chi connectivity index (χ0) is 18.9. The second-order valence-corrected chi connectivity index (χ2v) is 7.08. The van der Waals surface area contributed by atoms with Crippen LogP contribution in [0.15, 0.2) is 42.6 Å². The molecule has 7 nitrogen and oxygen atoms in total. The molecule has 8 heteroatoms. The van der Waals surface area contributed by atoms with Gasteiger partial charge in [-0.05, 0) is 12.5 Å². The van der Waals surface area contributed by atoms with Crippen molar-refractivity contribution in [2.24, 2.45) is 0 Å². The maximum atomic E-state index is 6.51. The molecule has 142 valence electrons. The van der Waals surface area contributed by atoms with E-state index in [0.717, 1.165) is 48.8 Å². The van der Waals surface area contributed by atoms with Gasteiger partial charge in [-0.25, -0.2) is 15.0 Å². The quantitative estimate of drug-likeness (QED) is 0.632. The van der Waals surface area contributed by atoms with Gasteiger partial charge in [0.1, 0.15) is 16.8 Å². The second-order valence-electron chi connectivity index (χ2n) is 6.72. The lowest BCUT2D eigenvalue weighted by atomic mass is 10.2. The van der Waals surface area contributed by atoms with E-state index in [1.165, 1.54) is 0 Å². The predicted molar refractivity (Wildman–Crippen MR) is 108 cm³/mol. The van der Waals surface area contributed by atoms with Crippen LogP contribution in [-0.2, 0) is 11.2 Å². The van der Waals surface area contributed by atoms with Crippen LogP contribution in [0.5, 0.6) is 0 Å². The standard InChI is InChI=1S/C20H19ClN6O/c21-17-15-7-9-27(19(15)25-20(24-17)26-10-12-28-13-11-26)16-6-8-22-18(23-16)14-4-2-1-3-5-14/h1-6,8H,7,9-13H2. The number of hydrogen-bond acceptors (Lipinski definition) is 7. The maximum Gasteiger partial charge on any atom is 0.228 e. The molecule has 1 saturated heterocycles. The van der Waals surface area contributed by atoms with Crippen molar-refractivity contribution in [2.75, 3.05) is 42.6 Å². The van der Waals surface area contributed by atoms with Crippen LogP contribution >= 0.6 is 11.6 Å². The minimum absolute atomic E-state index is 0.520. The molecular weight excluding hydrogens is 376 g/mol. The first-order chi connectivity index (χ1) is 13.8. The Labute approximate surface area is 168 Å². The van der Waals surface area contributed by atoms with Gasteiger partial charge in [0.15, 0.2) is 5.82 Å². The fourth-order valence-corrected chi connectivity index (χ4v) is 3.81. The van der Waals surface area contributed by atoms with Crippen LogP contribution in [0.3, 0.4) is 0 Å². The zero-order valence-corrected chi connectivity index (χ0v) is 16.0. The first-order valence-corrected chi connectivity index (χ1v) is 9.72. The molecular formula is C20H19ClN6O. The van der Waals surface area contributed by atoms with Crippen molar-refractivity contribution in [3.05, 3.63) is 53.3 Å². The molecule has 1 aromatic carbocycles. The van der Waals surface area contributed by atoms with Crippen LogP contribution in [-0.4, -0.2) is 52.8 Å². The SMILES string of the molecule is Clc1nc(N2CCOCC2)nc2c1CCN2c1ccnc(-c2ccccc2)n1. The zero-order valence-electron chi connectivity index (χ0n) is 15.3. The van der Waals surface area contributed by atoms with Gasteiger partial charge in [0, 0.05) is 37.0 Å². The molecule has 0 amide bonds. The summed E-state index contributed by atoms with van der Waals surface area (Å²) in [5, 5.41) is 0.520. The molecule has 2 aromatic heterocycles. The van der Waals surface area contributed by atoms with Crippen LogP contribution < -0.4 is 9.80 Å². The number of aromatic nitrogens is 4. The summed E-state index contributed by atoms with van der Waals surface area (Å²) >= 11 is 6.51. The Balaban J connectivity index is 1.52. The van der Waals surface area contributed by atoms with Crippen molar-refractivity contribution < 1.29 is 4.74 Å². The highest BCUT2D eigenvalue weighted by atomic mass is 35.5. The average Bonchev–Trinajstić information content (AvgIpc) is 3.20. The number of benzene rings is 1. The number of rotatable bonds is 3. The lowest BCUT2D eigenvalue weighted by molar-refractivity contribution is 0.122. The van der Waals surface area contributed by atoms with Gasteiger partial charge >= 0.3 is 0 Å². The Bertz CT molecular complexity index is 993. The number of hydrogen-bond donors (Lipinski definition) is 0. The van der Waals surface area contributed by atoms with E-state index in [1.54, 1.807) is 6.20 Å². The van der Waals surface area contributed by atoms with Crippen LogP contribution in [0.25, 0.3) is 11.4 Å². The summed E-state index contributed by atoms with van der Waals surface area (Å²) in [4.78, 5) is 22.8. The Kier molecular flexibility index (Phi) is 4.54. The van der Waals surface area contributed by atoms with Gasteiger partial charge in [0.25, 0.3) is 0 Å². The summed E-state index contributed by atoms with van der Waals surface area (Å²) in [5.74, 6) is 2.99. The van der Waals surface area contributed by atoms with E-state index in [0.29, 0.717) is 30.1 Å². The average molecular weight is 395 g/mol. The van der Waals surface area contributed by atoms with E-state index < -0.39 is 0 Å². The molecule has 2 aliphatic heterocycles. The number of halogens is 1. The van der Waals surface area contributed by atoms with Gasteiger partial charge in [-0.3, -0.25) is 0 Å². The molecule has 0 N–H and O–H groups in total. The molecule has 0 atom stereocenters. The summed E-state index contributed by atoms with van der Waals surface area (Å²) < 4.78 is 5.43. The first kappa shape index (κ1) is 17.3.